The van der Waals surface area contributed by atoms with Crippen molar-refractivity contribution in [1.29, 1.82) is 0 Å². The number of fused-ring (bicyclic) bond motifs is 2. The Kier molecular flexibility index (Phi) is 4.81. The van der Waals surface area contributed by atoms with Crippen molar-refractivity contribution in [3.63, 3.8) is 0 Å². The number of para-hydroxylation sites is 2. The van der Waals surface area contributed by atoms with Gasteiger partial charge >= 0.3 is 0 Å². The number of ether oxygens (including phenoxy) is 1. The van der Waals surface area contributed by atoms with Gasteiger partial charge in [0, 0.05) is 38.3 Å². The predicted molar refractivity (Wildman–Crippen MR) is 111 cm³/mol. The van der Waals surface area contributed by atoms with Crippen LogP contribution >= 0.6 is 0 Å². The molecule has 29 heavy (non-hydrogen) atoms. The standard InChI is InChI=1S/C21H26N6O2/c1-2-27-18-6-4-3-5-16(18)22-19(27)14-25-8-7-15-17(13-25)23-21(24-20(15)28)26-9-11-29-12-10-26/h3-6H,2,7-14H2,1H3,(H,23,24,28). The number of imidazole rings is 1. The number of H-pyrrole nitrogens is 1. The lowest BCUT2D eigenvalue weighted by atomic mass is 10.1. The van der Waals surface area contributed by atoms with E-state index >= 15 is 0 Å². The molecule has 0 bridgehead atoms. The largest absolute Gasteiger partial charge is 0.378 e. The number of aryl methyl sites for hydroxylation is 1. The highest BCUT2D eigenvalue weighted by atomic mass is 16.5. The Labute approximate surface area is 169 Å². The highest BCUT2D eigenvalue weighted by Gasteiger charge is 2.24. The highest BCUT2D eigenvalue weighted by Crippen LogP contribution is 2.21. The normalized spacial score (nSPS) is 17.6. The molecule has 4 heterocycles. The second kappa shape index (κ2) is 7.61. The SMILES string of the molecule is CCn1c(CN2CCc3c(nc(N4CCOCC4)[nH]c3=O)C2)nc2ccccc21. The summed E-state index contributed by atoms with van der Waals surface area (Å²) in [4.78, 5) is 29.7. The van der Waals surface area contributed by atoms with Crippen LogP contribution in [0.1, 0.15) is 24.0 Å². The molecule has 0 aliphatic carbocycles. The lowest BCUT2D eigenvalue weighted by Crippen LogP contribution is -2.40. The molecule has 0 atom stereocenters. The summed E-state index contributed by atoms with van der Waals surface area (Å²) in [5.41, 5.74) is 3.91. The van der Waals surface area contributed by atoms with Crippen LogP contribution in [-0.2, 0) is 30.8 Å². The zero-order valence-corrected chi connectivity index (χ0v) is 16.7. The van der Waals surface area contributed by atoms with Gasteiger partial charge in [-0.1, -0.05) is 12.1 Å². The molecule has 0 amide bonds. The summed E-state index contributed by atoms with van der Waals surface area (Å²) in [5.74, 6) is 1.73. The van der Waals surface area contributed by atoms with Crippen LogP contribution in [0.2, 0.25) is 0 Å². The summed E-state index contributed by atoms with van der Waals surface area (Å²) in [6.07, 6.45) is 0.716. The van der Waals surface area contributed by atoms with E-state index in [2.05, 4.69) is 44.5 Å². The lowest BCUT2D eigenvalue weighted by molar-refractivity contribution is 0.122. The molecule has 1 fully saturated rings. The molecule has 2 aliphatic rings. The number of aromatic amines is 1. The molecule has 5 rings (SSSR count). The van der Waals surface area contributed by atoms with E-state index in [1.54, 1.807) is 0 Å². The van der Waals surface area contributed by atoms with Crippen LogP contribution < -0.4 is 10.5 Å². The minimum Gasteiger partial charge on any atom is -0.378 e. The molecular formula is C21H26N6O2. The molecule has 8 nitrogen and oxygen atoms in total. The van der Waals surface area contributed by atoms with Crippen LogP contribution in [0.25, 0.3) is 11.0 Å². The van der Waals surface area contributed by atoms with E-state index < -0.39 is 0 Å². The number of aromatic nitrogens is 4. The Balaban J connectivity index is 1.41. The first kappa shape index (κ1) is 18.3. The number of hydrogen-bond donors (Lipinski definition) is 1. The fourth-order valence-electron chi connectivity index (χ4n) is 4.34. The van der Waals surface area contributed by atoms with Gasteiger partial charge in [-0.15, -0.1) is 0 Å². The monoisotopic (exact) mass is 394 g/mol. The van der Waals surface area contributed by atoms with Crippen LogP contribution in [0, 0.1) is 0 Å². The van der Waals surface area contributed by atoms with Crippen molar-refractivity contribution < 1.29 is 4.74 Å². The third-order valence-corrected chi connectivity index (χ3v) is 5.87. The third kappa shape index (κ3) is 3.42. The quantitative estimate of drug-likeness (QED) is 0.723. The zero-order chi connectivity index (χ0) is 19.8. The number of nitrogens with one attached hydrogen (secondary N) is 1. The third-order valence-electron chi connectivity index (χ3n) is 5.87. The Morgan fingerprint density at radius 1 is 1.14 bits per heavy atom. The predicted octanol–water partition coefficient (Wildman–Crippen LogP) is 1.53. The van der Waals surface area contributed by atoms with Gasteiger partial charge in [-0.2, -0.15) is 0 Å². The molecule has 8 heteroatoms. The minimum atomic E-state index is -0.00283. The first-order chi connectivity index (χ1) is 14.2. The maximum absolute atomic E-state index is 12.6. The number of morpholine rings is 1. The van der Waals surface area contributed by atoms with Crippen molar-refractivity contribution >= 4 is 17.0 Å². The molecule has 152 valence electrons. The topological polar surface area (TPSA) is 79.3 Å². The van der Waals surface area contributed by atoms with Crippen LogP contribution in [0.3, 0.4) is 0 Å². The molecule has 0 saturated carbocycles. The Morgan fingerprint density at radius 3 is 2.79 bits per heavy atom. The van der Waals surface area contributed by atoms with E-state index in [9.17, 15) is 4.79 Å². The molecule has 1 N–H and O–H groups in total. The van der Waals surface area contributed by atoms with Crippen molar-refractivity contribution in [2.75, 3.05) is 37.7 Å². The van der Waals surface area contributed by atoms with Crippen LogP contribution in [0.15, 0.2) is 29.1 Å². The smallest absolute Gasteiger partial charge is 0.255 e. The number of benzene rings is 1. The average molecular weight is 394 g/mol. The molecule has 1 aromatic carbocycles. The van der Waals surface area contributed by atoms with E-state index in [1.165, 1.54) is 5.52 Å². The van der Waals surface area contributed by atoms with Gasteiger partial charge in [0.2, 0.25) is 5.95 Å². The lowest BCUT2D eigenvalue weighted by Gasteiger charge is -2.30. The number of rotatable bonds is 4. The minimum absolute atomic E-state index is 0.00283. The fraction of sp³-hybridized carbons (Fsp3) is 0.476. The maximum atomic E-state index is 12.6. The van der Waals surface area contributed by atoms with E-state index in [1.807, 2.05) is 6.07 Å². The molecule has 0 spiro atoms. The summed E-state index contributed by atoms with van der Waals surface area (Å²) >= 11 is 0. The van der Waals surface area contributed by atoms with Crippen molar-refractivity contribution in [2.45, 2.75) is 33.0 Å². The summed E-state index contributed by atoms with van der Waals surface area (Å²) in [6, 6.07) is 8.27. The van der Waals surface area contributed by atoms with Gasteiger partial charge in [0.05, 0.1) is 36.5 Å². The van der Waals surface area contributed by atoms with E-state index in [0.717, 1.165) is 55.3 Å². The molecule has 0 radical (unpaired) electrons. The highest BCUT2D eigenvalue weighted by molar-refractivity contribution is 5.75. The van der Waals surface area contributed by atoms with Gasteiger partial charge in [-0.25, -0.2) is 9.97 Å². The van der Waals surface area contributed by atoms with Crippen molar-refractivity contribution in [1.82, 2.24) is 24.4 Å². The maximum Gasteiger partial charge on any atom is 0.255 e. The second-order valence-corrected chi connectivity index (χ2v) is 7.64. The van der Waals surface area contributed by atoms with Crippen molar-refractivity contribution in [2.24, 2.45) is 0 Å². The molecule has 0 unspecified atom stereocenters. The van der Waals surface area contributed by atoms with Gasteiger partial charge in [0.1, 0.15) is 5.82 Å². The summed E-state index contributed by atoms with van der Waals surface area (Å²) in [6.45, 7) is 8.14. The Morgan fingerprint density at radius 2 is 1.97 bits per heavy atom. The second-order valence-electron chi connectivity index (χ2n) is 7.64. The average Bonchev–Trinajstić information content (AvgIpc) is 3.11. The van der Waals surface area contributed by atoms with E-state index in [0.29, 0.717) is 32.1 Å². The first-order valence-electron chi connectivity index (χ1n) is 10.3. The van der Waals surface area contributed by atoms with Crippen LogP contribution in [0.4, 0.5) is 5.95 Å². The number of hydrogen-bond acceptors (Lipinski definition) is 6. The Bertz CT molecular complexity index is 1080. The van der Waals surface area contributed by atoms with Crippen LogP contribution in [0.5, 0.6) is 0 Å². The summed E-state index contributed by atoms with van der Waals surface area (Å²) in [7, 11) is 0. The fourth-order valence-corrected chi connectivity index (χ4v) is 4.34. The van der Waals surface area contributed by atoms with Crippen molar-refractivity contribution in [3.05, 3.63) is 51.7 Å². The molecular weight excluding hydrogens is 368 g/mol. The van der Waals surface area contributed by atoms with Gasteiger partial charge in [0.15, 0.2) is 0 Å². The van der Waals surface area contributed by atoms with Gasteiger partial charge in [0.25, 0.3) is 5.56 Å². The van der Waals surface area contributed by atoms with Gasteiger partial charge in [-0.05, 0) is 25.5 Å². The van der Waals surface area contributed by atoms with E-state index in [-0.39, 0.29) is 5.56 Å². The zero-order valence-electron chi connectivity index (χ0n) is 16.7. The first-order valence-corrected chi connectivity index (χ1v) is 10.3. The number of nitrogens with zero attached hydrogens (tertiary/aromatic N) is 5. The van der Waals surface area contributed by atoms with E-state index in [4.69, 9.17) is 14.7 Å². The van der Waals surface area contributed by atoms with Crippen LogP contribution in [-0.4, -0.2) is 57.3 Å². The molecule has 3 aromatic rings. The molecule has 2 aromatic heterocycles. The summed E-state index contributed by atoms with van der Waals surface area (Å²) < 4.78 is 7.69. The van der Waals surface area contributed by atoms with Crippen molar-refractivity contribution in [3.8, 4) is 0 Å². The Hall–Kier alpha value is -2.71. The number of anilines is 1. The van der Waals surface area contributed by atoms with Gasteiger partial charge < -0.3 is 14.2 Å². The van der Waals surface area contributed by atoms with Gasteiger partial charge in [-0.3, -0.25) is 14.7 Å². The molecule has 1 saturated heterocycles. The summed E-state index contributed by atoms with van der Waals surface area (Å²) in [5, 5.41) is 0. The molecule has 2 aliphatic heterocycles.